The molecule has 0 unspecified atom stereocenters. The number of thioether (sulfide) groups is 1. The summed E-state index contributed by atoms with van der Waals surface area (Å²) in [6.45, 7) is 0. The molecule has 0 radical (unpaired) electrons. The molecule has 104 valence electrons. The first-order chi connectivity index (χ1) is 9.04. The van der Waals surface area contributed by atoms with Gasteiger partial charge in [0.2, 0.25) is 5.76 Å². The van der Waals surface area contributed by atoms with Crippen molar-refractivity contribution in [1.29, 1.82) is 0 Å². The number of aliphatic carboxylic acids is 1. The van der Waals surface area contributed by atoms with Crippen molar-refractivity contribution in [3.05, 3.63) is 23.7 Å². The van der Waals surface area contributed by atoms with E-state index < -0.39 is 11.9 Å². The Bertz CT molecular complexity index is 475. The number of carboxylic acids is 1. The second-order valence-corrected chi connectivity index (χ2v) is 5.81. The van der Waals surface area contributed by atoms with E-state index in [0.29, 0.717) is 11.5 Å². The third kappa shape index (κ3) is 3.76. The van der Waals surface area contributed by atoms with Crippen LogP contribution in [0.3, 0.4) is 0 Å². The summed E-state index contributed by atoms with van der Waals surface area (Å²) in [6.07, 6.45) is 2.21. The summed E-state index contributed by atoms with van der Waals surface area (Å²) in [7, 11) is 1.31. The molecule has 0 aliphatic heterocycles. The summed E-state index contributed by atoms with van der Waals surface area (Å²) in [4.78, 5) is 21.9. The Labute approximate surface area is 115 Å². The van der Waals surface area contributed by atoms with E-state index in [4.69, 9.17) is 9.52 Å². The summed E-state index contributed by atoms with van der Waals surface area (Å²) in [5.74, 6) is 1.14. The third-order valence-corrected chi connectivity index (χ3v) is 4.49. The summed E-state index contributed by atoms with van der Waals surface area (Å²) in [5.41, 5.74) is -0.0196. The third-order valence-electron chi connectivity index (χ3n) is 3.18. The van der Waals surface area contributed by atoms with Crippen LogP contribution in [0, 0.1) is 5.41 Å². The zero-order valence-electron chi connectivity index (χ0n) is 10.7. The lowest BCUT2D eigenvalue weighted by Gasteiger charge is -2.10. The first-order valence-electron chi connectivity index (χ1n) is 6.01. The maximum absolute atomic E-state index is 11.2. The van der Waals surface area contributed by atoms with Crippen molar-refractivity contribution < 1.29 is 23.8 Å². The van der Waals surface area contributed by atoms with Gasteiger partial charge >= 0.3 is 11.9 Å². The van der Waals surface area contributed by atoms with E-state index in [1.54, 1.807) is 23.9 Å². The lowest BCUT2D eigenvalue weighted by Crippen LogP contribution is -2.11. The molecule has 5 nitrogen and oxygen atoms in total. The minimum Gasteiger partial charge on any atom is -0.481 e. The molecule has 1 aromatic heterocycles. The van der Waals surface area contributed by atoms with Gasteiger partial charge in [-0.2, -0.15) is 11.8 Å². The highest BCUT2D eigenvalue weighted by Gasteiger charge is 2.44. The Morgan fingerprint density at radius 2 is 2.21 bits per heavy atom. The number of carbonyl (C=O) groups excluding carboxylic acids is 1. The van der Waals surface area contributed by atoms with Gasteiger partial charge in [-0.15, -0.1) is 0 Å². The van der Waals surface area contributed by atoms with Crippen molar-refractivity contribution in [3.8, 4) is 0 Å². The summed E-state index contributed by atoms with van der Waals surface area (Å²) in [5, 5.41) is 8.82. The first kappa shape index (κ1) is 14.0. The number of carbonyl (C=O) groups is 2. The van der Waals surface area contributed by atoms with Crippen LogP contribution < -0.4 is 0 Å². The lowest BCUT2D eigenvalue weighted by atomic mass is 10.1. The average molecular weight is 284 g/mol. The molecule has 0 saturated heterocycles. The summed E-state index contributed by atoms with van der Waals surface area (Å²) in [6, 6.07) is 3.34. The Morgan fingerprint density at radius 1 is 1.47 bits per heavy atom. The van der Waals surface area contributed by atoms with Crippen molar-refractivity contribution in [2.24, 2.45) is 5.41 Å². The molecule has 1 aliphatic rings. The van der Waals surface area contributed by atoms with Crippen LogP contribution in [0.2, 0.25) is 0 Å². The molecule has 1 aliphatic carbocycles. The van der Waals surface area contributed by atoms with Gasteiger partial charge in [-0.25, -0.2) is 4.79 Å². The minimum absolute atomic E-state index is 0.0196. The topological polar surface area (TPSA) is 76.7 Å². The van der Waals surface area contributed by atoms with E-state index in [0.717, 1.165) is 18.6 Å². The highest BCUT2D eigenvalue weighted by molar-refractivity contribution is 7.98. The van der Waals surface area contributed by atoms with Gasteiger partial charge in [0.05, 0.1) is 19.3 Å². The zero-order chi connectivity index (χ0) is 13.9. The number of carboxylic acid groups (broad SMARTS) is 1. The van der Waals surface area contributed by atoms with Gasteiger partial charge in [-0.3, -0.25) is 4.79 Å². The Balaban J connectivity index is 1.78. The van der Waals surface area contributed by atoms with Gasteiger partial charge in [-0.1, -0.05) is 0 Å². The first-order valence-corrected chi connectivity index (χ1v) is 7.17. The van der Waals surface area contributed by atoms with Gasteiger partial charge in [0.1, 0.15) is 5.76 Å². The standard InChI is InChI=1S/C13H16O5S/c1-17-12(16)10-3-2-9(18-10)7-19-8-13(4-5-13)6-11(14)15/h2-3H,4-8H2,1H3,(H,14,15). The van der Waals surface area contributed by atoms with Gasteiger partial charge in [0, 0.05) is 0 Å². The van der Waals surface area contributed by atoms with Gasteiger partial charge in [-0.05, 0) is 36.1 Å². The van der Waals surface area contributed by atoms with Crippen LogP contribution in [0.1, 0.15) is 35.6 Å². The number of rotatable bonds is 7. The highest BCUT2D eigenvalue weighted by Crippen LogP contribution is 2.51. The summed E-state index contributed by atoms with van der Waals surface area (Å²) >= 11 is 1.64. The van der Waals surface area contributed by atoms with Crippen LogP contribution in [-0.4, -0.2) is 29.9 Å². The van der Waals surface area contributed by atoms with Crippen molar-refractivity contribution in [3.63, 3.8) is 0 Å². The Hall–Kier alpha value is -1.43. The molecular weight excluding hydrogens is 268 g/mol. The molecule has 1 N–H and O–H groups in total. The fraction of sp³-hybridized carbons (Fsp3) is 0.538. The zero-order valence-corrected chi connectivity index (χ0v) is 11.5. The van der Waals surface area contributed by atoms with E-state index in [2.05, 4.69) is 4.74 Å². The Morgan fingerprint density at radius 3 is 2.79 bits per heavy atom. The van der Waals surface area contributed by atoms with Crippen molar-refractivity contribution >= 4 is 23.7 Å². The molecule has 19 heavy (non-hydrogen) atoms. The second kappa shape index (κ2) is 5.69. The fourth-order valence-electron chi connectivity index (χ4n) is 1.90. The van der Waals surface area contributed by atoms with Crippen LogP contribution >= 0.6 is 11.8 Å². The quantitative estimate of drug-likeness (QED) is 0.775. The maximum Gasteiger partial charge on any atom is 0.373 e. The van der Waals surface area contributed by atoms with Crippen LogP contribution in [0.5, 0.6) is 0 Å². The molecule has 1 aromatic rings. The Kier molecular flexibility index (Phi) is 4.19. The van der Waals surface area contributed by atoms with E-state index in [-0.39, 0.29) is 17.6 Å². The second-order valence-electron chi connectivity index (χ2n) is 4.82. The number of methoxy groups -OCH3 is 1. The van der Waals surface area contributed by atoms with Gasteiger partial charge < -0.3 is 14.3 Å². The highest BCUT2D eigenvalue weighted by atomic mass is 32.2. The molecule has 0 atom stereocenters. The van der Waals surface area contributed by atoms with E-state index >= 15 is 0 Å². The normalized spacial score (nSPS) is 16.1. The van der Waals surface area contributed by atoms with Crippen LogP contribution in [0.15, 0.2) is 16.5 Å². The summed E-state index contributed by atoms with van der Waals surface area (Å²) < 4.78 is 9.90. The van der Waals surface area contributed by atoms with Gasteiger partial charge in [0.15, 0.2) is 0 Å². The molecule has 6 heteroatoms. The van der Waals surface area contributed by atoms with E-state index in [1.807, 2.05) is 0 Å². The predicted molar refractivity (Wildman–Crippen MR) is 70.1 cm³/mol. The van der Waals surface area contributed by atoms with E-state index in [9.17, 15) is 9.59 Å². The number of hydrogen-bond donors (Lipinski definition) is 1. The van der Waals surface area contributed by atoms with Crippen LogP contribution in [-0.2, 0) is 15.3 Å². The molecule has 1 saturated carbocycles. The average Bonchev–Trinajstić information content (AvgIpc) is 2.94. The largest absolute Gasteiger partial charge is 0.481 e. The maximum atomic E-state index is 11.2. The number of ether oxygens (including phenoxy) is 1. The molecule has 0 amide bonds. The van der Waals surface area contributed by atoms with Crippen molar-refractivity contribution in [2.45, 2.75) is 25.0 Å². The number of furan rings is 1. The van der Waals surface area contributed by atoms with Crippen LogP contribution in [0.25, 0.3) is 0 Å². The smallest absolute Gasteiger partial charge is 0.373 e. The lowest BCUT2D eigenvalue weighted by molar-refractivity contribution is -0.138. The molecular formula is C13H16O5S. The van der Waals surface area contributed by atoms with E-state index in [1.165, 1.54) is 7.11 Å². The molecule has 1 heterocycles. The fourth-order valence-corrected chi connectivity index (χ4v) is 3.19. The minimum atomic E-state index is -0.732. The molecule has 1 fully saturated rings. The van der Waals surface area contributed by atoms with Crippen molar-refractivity contribution in [2.75, 3.05) is 12.9 Å². The predicted octanol–water partition coefficient (Wildman–Crippen LogP) is 2.55. The number of hydrogen-bond acceptors (Lipinski definition) is 5. The van der Waals surface area contributed by atoms with Crippen LogP contribution in [0.4, 0.5) is 0 Å². The molecule has 0 spiro atoms. The molecule has 2 rings (SSSR count). The van der Waals surface area contributed by atoms with Gasteiger partial charge in [0.25, 0.3) is 0 Å². The number of esters is 1. The molecule has 0 aromatic carbocycles. The monoisotopic (exact) mass is 284 g/mol. The van der Waals surface area contributed by atoms with Crippen molar-refractivity contribution in [1.82, 2.24) is 0 Å². The molecule has 0 bridgehead atoms. The SMILES string of the molecule is COC(=O)c1ccc(CSCC2(CC(=O)O)CC2)o1.